The van der Waals surface area contributed by atoms with E-state index >= 15 is 0 Å². The van der Waals surface area contributed by atoms with Crippen molar-refractivity contribution in [1.82, 2.24) is 10.1 Å². The van der Waals surface area contributed by atoms with Gasteiger partial charge >= 0.3 is 0 Å². The molecular weight excluding hydrogens is 393 g/mol. The molecule has 27 heavy (non-hydrogen) atoms. The molecule has 140 valence electrons. The van der Waals surface area contributed by atoms with Gasteiger partial charge in [-0.05, 0) is 49.6 Å². The van der Waals surface area contributed by atoms with E-state index in [9.17, 15) is 12.8 Å². The van der Waals surface area contributed by atoms with Crippen molar-refractivity contribution in [2.75, 3.05) is 4.72 Å². The summed E-state index contributed by atoms with van der Waals surface area (Å²) in [7, 11) is -4.03. The maximum absolute atomic E-state index is 14.0. The predicted octanol–water partition coefficient (Wildman–Crippen LogP) is 4.52. The molecule has 0 amide bonds. The highest BCUT2D eigenvalue weighted by molar-refractivity contribution is 7.92. The Kier molecular flexibility index (Phi) is 4.39. The van der Waals surface area contributed by atoms with Gasteiger partial charge in [-0.15, -0.1) is 0 Å². The fourth-order valence-corrected chi connectivity index (χ4v) is 4.15. The molecule has 0 spiro atoms. The minimum Gasteiger partial charge on any atom is -0.339 e. The van der Waals surface area contributed by atoms with Gasteiger partial charge in [0.2, 0.25) is 11.7 Å². The maximum atomic E-state index is 14.0. The number of benzene rings is 2. The van der Waals surface area contributed by atoms with Gasteiger partial charge in [-0.25, -0.2) is 12.8 Å². The summed E-state index contributed by atoms with van der Waals surface area (Å²) < 4.78 is 47.1. The molecule has 0 unspecified atom stereocenters. The molecule has 0 radical (unpaired) electrons. The number of halogens is 2. The topological polar surface area (TPSA) is 85.1 Å². The lowest BCUT2D eigenvalue weighted by Crippen LogP contribution is -2.15. The first kappa shape index (κ1) is 17.9. The molecule has 6 nitrogen and oxygen atoms in total. The first-order valence-electron chi connectivity index (χ1n) is 8.26. The van der Waals surface area contributed by atoms with Gasteiger partial charge < -0.3 is 4.52 Å². The van der Waals surface area contributed by atoms with E-state index in [-0.39, 0.29) is 15.6 Å². The Labute approximate surface area is 160 Å². The molecule has 0 saturated heterocycles. The number of hydrogen-bond donors (Lipinski definition) is 1. The molecule has 1 fully saturated rings. The van der Waals surface area contributed by atoms with E-state index < -0.39 is 15.8 Å². The van der Waals surface area contributed by atoms with Crippen LogP contribution in [0.15, 0.2) is 45.8 Å². The summed E-state index contributed by atoms with van der Waals surface area (Å²) in [6, 6.07) is 8.54. The van der Waals surface area contributed by atoms with Gasteiger partial charge in [0.15, 0.2) is 0 Å². The van der Waals surface area contributed by atoms with Crippen molar-refractivity contribution in [1.29, 1.82) is 0 Å². The summed E-state index contributed by atoms with van der Waals surface area (Å²) in [6.07, 6.45) is 2.04. The summed E-state index contributed by atoms with van der Waals surface area (Å²) >= 11 is 5.71. The second-order valence-electron chi connectivity index (χ2n) is 6.44. The van der Waals surface area contributed by atoms with Crippen molar-refractivity contribution < 1.29 is 17.3 Å². The molecule has 1 heterocycles. The smallest absolute Gasteiger partial charge is 0.262 e. The molecule has 0 atom stereocenters. The van der Waals surface area contributed by atoms with Gasteiger partial charge in [-0.2, -0.15) is 4.98 Å². The summed E-state index contributed by atoms with van der Waals surface area (Å²) in [5, 5.41) is 4.11. The number of nitrogens with zero attached hydrogens (tertiary/aromatic N) is 2. The zero-order valence-electron chi connectivity index (χ0n) is 14.2. The van der Waals surface area contributed by atoms with E-state index in [1.165, 1.54) is 18.2 Å². The summed E-state index contributed by atoms with van der Waals surface area (Å²) in [5.74, 6) is 0.434. The first-order chi connectivity index (χ1) is 12.8. The Morgan fingerprint density at radius 3 is 2.70 bits per heavy atom. The minimum atomic E-state index is -4.03. The molecular formula is C18H15ClFN3O3S. The van der Waals surface area contributed by atoms with Crippen LogP contribution in [0.25, 0.3) is 11.4 Å². The molecule has 1 aromatic heterocycles. The van der Waals surface area contributed by atoms with Crippen LogP contribution in [0.3, 0.4) is 0 Å². The van der Waals surface area contributed by atoms with Gasteiger partial charge in [0.25, 0.3) is 10.0 Å². The Morgan fingerprint density at radius 2 is 2.00 bits per heavy atom. The Morgan fingerprint density at radius 1 is 1.22 bits per heavy atom. The second kappa shape index (κ2) is 6.61. The number of hydrogen-bond acceptors (Lipinski definition) is 5. The van der Waals surface area contributed by atoms with Gasteiger partial charge in [0.1, 0.15) is 5.82 Å². The van der Waals surface area contributed by atoms with Crippen LogP contribution in [0.1, 0.15) is 30.2 Å². The van der Waals surface area contributed by atoms with E-state index in [1.807, 2.05) is 0 Å². The van der Waals surface area contributed by atoms with Crippen molar-refractivity contribution in [2.45, 2.75) is 30.6 Å². The molecule has 0 aliphatic heterocycles. The summed E-state index contributed by atoms with van der Waals surface area (Å²) in [6.45, 7) is 1.66. The van der Waals surface area contributed by atoms with Crippen molar-refractivity contribution in [3.8, 4) is 11.4 Å². The predicted molar refractivity (Wildman–Crippen MR) is 98.7 cm³/mol. The SMILES string of the molecule is Cc1ccc(-c2noc(C3CC3)n2)cc1S(=O)(=O)Nc1ccc(Cl)cc1F. The van der Waals surface area contributed by atoms with Crippen LogP contribution < -0.4 is 4.72 Å². The quantitative estimate of drug-likeness (QED) is 0.672. The third kappa shape index (κ3) is 3.68. The standard InChI is InChI=1S/C18H15ClFN3O3S/c1-10-2-3-12(17-21-18(26-22-17)11-4-5-11)8-16(10)27(24,25)23-15-7-6-13(19)9-14(15)20/h2-3,6-9,11,23H,4-5H2,1H3. The number of anilines is 1. The van der Waals surface area contributed by atoms with Gasteiger partial charge in [-0.3, -0.25) is 4.72 Å². The monoisotopic (exact) mass is 407 g/mol. The molecule has 1 aliphatic rings. The van der Waals surface area contributed by atoms with Crippen LogP contribution in [0.2, 0.25) is 5.02 Å². The van der Waals surface area contributed by atoms with Crippen molar-refractivity contribution in [2.24, 2.45) is 0 Å². The van der Waals surface area contributed by atoms with Crippen molar-refractivity contribution in [3.63, 3.8) is 0 Å². The number of aryl methyl sites for hydroxylation is 1. The number of nitrogens with one attached hydrogen (secondary N) is 1. The molecule has 0 bridgehead atoms. The highest BCUT2D eigenvalue weighted by atomic mass is 35.5. The molecule has 1 aliphatic carbocycles. The molecule has 9 heteroatoms. The van der Waals surface area contributed by atoms with E-state index in [0.29, 0.717) is 28.8 Å². The van der Waals surface area contributed by atoms with Crippen LogP contribution in [0.4, 0.5) is 10.1 Å². The third-order valence-electron chi connectivity index (χ3n) is 4.28. The Bertz CT molecular complexity index is 1130. The summed E-state index contributed by atoms with van der Waals surface area (Å²) in [5.41, 5.74) is 0.833. The maximum Gasteiger partial charge on any atom is 0.262 e. The highest BCUT2D eigenvalue weighted by Crippen LogP contribution is 2.39. The average Bonchev–Trinajstić information content (AvgIpc) is 3.35. The van der Waals surface area contributed by atoms with E-state index in [2.05, 4.69) is 14.9 Å². The third-order valence-corrected chi connectivity index (χ3v) is 6.02. The van der Waals surface area contributed by atoms with Crippen molar-refractivity contribution >= 4 is 27.3 Å². The fraction of sp³-hybridized carbons (Fsp3) is 0.222. The first-order valence-corrected chi connectivity index (χ1v) is 10.1. The second-order valence-corrected chi connectivity index (χ2v) is 8.53. The van der Waals surface area contributed by atoms with Gasteiger partial charge in [0, 0.05) is 16.5 Å². The normalized spacial score (nSPS) is 14.3. The van der Waals surface area contributed by atoms with Crippen LogP contribution in [-0.4, -0.2) is 18.6 Å². The lowest BCUT2D eigenvalue weighted by atomic mass is 10.1. The lowest BCUT2D eigenvalue weighted by molar-refractivity contribution is 0.380. The summed E-state index contributed by atoms with van der Waals surface area (Å²) in [4.78, 5) is 4.34. The van der Waals surface area contributed by atoms with Crippen LogP contribution in [-0.2, 0) is 10.0 Å². The van der Waals surface area contributed by atoms with E-state index in [0.717, 1.165) is 18.9 Å². The van der Waals surface area contributed by atoms with Crippen molar-refractivity contribution in [3.05, 3.63) is 58.7 Å². The van der Waals surface area contributed by atoms with E-state index in [4.69, 9.17) is 16.1 Å². The number of rotatable bonds is 5. The van der Waals surface area contributed by atoms with E-state index in [1.54, 1.807) is 19.1 Å². The number of sulfonamides is 1. The fourth-order valence-electron chi connectivity index (χ4n) is 2.65. The van der Waals surface area contributed by atoms with Gasteiger partial charge in [0.05, 0.1) is 10.6 Å². The Balaban J connectivity index is 1.68. The lowest BCUT2D eigenvalue weighted by Gasteiger charge is -2.12. The largest absolute Gasteiger partial charge is 0.339 e. The molecule has 2 aromatic carbocycles. The van der Waals surface area contributed by atoms with Crippen LogP contribution in [0, 0.1) is 12.7 Å². The minimum absolute atomic E-state index is 0.00659. The molecule has 1 N–H and O–H groups in total. The average molecular weight is 408 g/mol. The zero-order chi connectivity index (χ0) is 19.2. The zero-order valence-corrected chi connectivity index (χ0v) is 15.8. The van der Waals surface area contributed by atoms with Gasteiger partial charge in [-0.1, -0.05) is 28.9 Å². The van der Waals surface area contributed by atoms with Crippen LogP contribution in [0.5, 0.6) is 0 Å². The van der Waals surface area contributed by atoms with Crippen LogP contribution >= 0.6 is 11.6 Å². The molecule has 1 saturated carbocycles. The Hall–Kier alpha value is -2.45. The highest BCUT2D eigenvalue weighted by Gasteiger charge is 2.30. The molecule has 3 aromatic rings. The molecule has 4 rings (SSSR count). The number of aromatic nitrogens is 2.